The highest BCUT2D eigenvalue weighted by atomic mass is 32.2. The van der Waals surface area contributed by atoms with E-state index in [9.17, 15) is 20.1 Å². The summed E-state index contributed by atoms with van der Waals surface area (Å²) in [7, 11) is 0. The molecule has 214 valence electrons. The molecule has 0 aliphatic carbocycles. The van der Waals surface area contributed by atoms with Crippen LogP contribution in [0.3, 0.4) is 0 Å². The van der Waals surface area contributed by atoms with Gasteiger partial charge in [-0.3, -0.25) is 9.59 Å². The number of fused-ring (bicyclic) bond motifs is 2. The molecule has 0 saturated carbocycles. The predicted molar refractivity (Wildman–Crippen MR) is 164 cm³/mol. The van der Waals surface area contributed by atoms with Crippen LogP contribution < -0.4 is 9.47 Å². The molecule has 10 heteroatoms. The Morgan fingerprint density at radius 2 is 1.00 bits per heavy atom. The number of allylic oxidation sites excluding steroid dienone is 2. The van der Waals surface area contributed by atoms with Crippen LogP contribution in [0.25, 0.3) is 0 Å². The topological polar surface area (TPSA) is 100 Å². The number of carbonyl (C=O) groups is 2. The molecule has 2 aliphatic rings. The average molecular weight is 617 g/mol. The zero-order valence-corrected chi connectivity index (χ0v) is 27.2. The number of thioether (sulfide) groups is 4. The number of esters is 2. The summed E-state index contributed by atoms with van der Waals surface area (Å²) in [4.78, 5) is 29.6. The van der Waals surface area contributed by atoms with Crippen LogP contribution >= 0.6 is 47.0 Å². The van der Waals surface area contributed by atoms with Crippen molar-refractivity contribution < 1.29 is 19.1 Å². The lowest BCUT2D eigenvalue weighted by Gasteiger charge is -2.20. The van der Waals surface area contributed by atoms with Crippen molar-refractivity contribution in [1.82, 2.24) is 0 Å². The quantitative estimate of drug-likeness (QED) is 0.128. The van der Waals surface area contributed by atoms with Crippen molar-refractivity contribution in [2.45, 2.75) is 112 Å². The maximum absolute atomic E-state index is 13.4. The number of hydrogen-bond acceptors (Lipinski definition) is 10. The fraction of sp³-hybridized carbons (Fsp3) is 0.533. The molecular weight excluding hydrogens is 581 g/mol. The predicted octanol–water partition coefficient (Wildman–Crippen LogP) is 9.84. The molecule has 2 unspecified atom stereocenters. The molecule has 0 radical (unpaired) electrons. The molecule has 0 fully saturated rings. The van der Waals surface area contributed by atoms with Crippen molar-refractivity contribution in [2.75, 3.05) is 0 Å². The monoisotopic (exact) mass is 616 g/mol. The van der Waals surface area contributed by atoms with E-state index in [-0.39, 0.29) is 23.8 Å². The second-order valence-corrected chi connectivity index (χ2v) is 14.4. The zero-order valence-electron chi connectivity index (χ0n) is 24.0. The first-order chi connectivity index (χ1) is 19.2. The zero-order chi connectivity index (χ0) is 29.4. The van der Waals surface area contributed by atoms with Gasteiger partial charge in [0.1, 0.15) is 0 Å². The van der Waals surface area contributed by atoms with Gasteiger partial charge in [0.15, 0.2) is 11.5 Å². The Hall–Kier alpha value is -1.98. The summed E-state index contributed by atoms with van der Waals surface area (Å²) in [5.41, 5.74) is 1.09. The van der Waals surface area contributed by atoms with Crippen LogP contribution in [-0.2, 0) is 9.59 Å². The number of hydrogen-bond donors (Lipinski definition) is 0. The van der Waals surface area contributed by atoms with Crippen molar-refractivity contribution in [3.63, 3.8) is 0 Å². The first kappa shape index (κ1) is 32.5. The van der Waals surface area contributed by atoms with E-state index in [0.717, 1.165) is 47.0 Å². The highest BCUT2D eigenvalue weighted by Gasteiger charge is 2.40. The number of carbonyl (C=O) groups excluding carboxylic acids is 2. The van der Waals surface area contributed by atoms with Gasteiger partial charge in [0.2, 0.25) is 0 Å². The van der Waals surface area contributed by atoms with E-state index in [4.69, 9.17) is 9.47 Å². The summed E-state index contributed by atoms with van der Waals surface area (Å²) < 4.78 is 13.9. The fourth-order valence-electron chi connectivity index (χ4n) is 4.23. The van der Waals surface area contributed by atoms with Gasteiger partial charge < -0.3 is 9.47 Å². The maximum Gasteiger partial charge on any atom is 0.314 e. The largest absolute Gasteiger partial charge is 0.424 e. The molecule has 6 nitrogen and oxygen atoms in total. The van der Waals surface area contributed by atoms with Crippen LogP contribution in [0.5, 0.6) is 11.5 Å². The van der Waals surface area contributed by atoms with Crippen molar-refractivity contribution in [1.29, 1.82) is 10.5 Å². The van der Waals surface area contributed by atoms with E-state index in [1.807, 2.05) is 13.8 Å². The van der Waals surface area contributed by atoms with E-state index < -0.39 is 0 Å². The van der Waals surface area contributed by atoms with Crippen molar-refractivity contribution in [3.05, 3.63) is 19.6 Å². The Labute approximate surface area is 255 Å². The first-order valence-corrected chi connectivity index (χ1v) is 17.1. The van der Waals surface area contributed by atoms with E-state index in [0.29, 0.717) is 55.1 Å². The molecule has 2 aliphatic heterocycles. The van der Waals surface area contributed by atoms with Crippen molar-refractivity contribution in [2.24, 2.45) is 11.8 Å². The average Bonchev–Trinajstić information content (AvgIpc) is 3.60. The van der Waals surface area contributed by atoms with Crippen LogP contribution in [0.1, 0.15) is 92.9 Å². The summed E-state index contributed by atoms with van der Waals surface area (Å²) in [6, 6.07) is 4.44. The third-order valence-electron chi connectivity index (χ3n) is 6.83. The molecule has 0 N–H and O–H groups in total. The van der Waals surface area contributed by atoms with Crippen LogP contribution in [0, 0.1) is 34.5 Å². The summed E-state index contributed by atoms with van der Waals surface area (Å²) >= 11 is 5.49. The third-order valence-corrected chi connectivity index (χ3v) is 12.4. The van der Waals surface area contributed by atoms with Gasteiger partial charge in [0.25, 0.3) is 0 Å². The smallest absolute Gasteiger partial charge is 0.314 e. The Balaban J connectivity index is 2.19. The van der Waals surface area contributed by atoms with Gasteiger partial charge in [0, 0.05) is 11.1 Å². The number of unbranched alkanes of at least 4 members (excludes halogenated alkanes) is 2. The highest BCUT2D eigenvalue weighted by Crippen LogP contribution is 2.68. The number of nitriles is 2. The fourth-order valence-corrected chi connectivity index (χ4v) is 9.42. The first-order valence-electron chi connectivity index (χ1n) is 13.8. The van der Waals surface area contributed by atoms with Gasteiger partial charge in [0.05, 0.1) is 52.0 Å². The van der Waals surface area contributed by atoms with Crippen LogP contribution in [0.15, 0.2) is 39.2 Å². The van der Waals surface area contributed by atoms with Gasteiger partial charge in [-0.2, -0.15) is 10.5 Å². The molecule has 0 saturated heterocycles. The summed E-state index contributed by atoms with van der Waals surface area (Å²) in [5.74, 6) is -0.153. The molecule has 3 rings (SSSR count). The summed E-state index contributed by atoms with van der Waals surface area (Å²) in [6.07, 6.45) is 6.72. The molecule has 2 heterocycles. The molecular formula is C30H36N2O4S4. The minimum Gasteiger partial charge on any atom is -0.424 e. The molecule has 0 aromatic heterocycles. The normalized spacial score (nSPS) is 15.0. The maximum atomic E-state index is 13.4. The standard InChI is InChI=1S/C30H36N2O4S4/c1-7-11-13-19(9-3)27(33)35-21-23-25(39-29(37-23)17(5)15-31)22(36-28(34)20(10-4)14-12-8-2)26-24(21)38-30(40-26)18(6)16-32/h19-20H,7-14H2,1-6H3. The van der Waals surface area contributed by atoms with E-state index >= 15 is 0 Å². The van der Waals surface area contributed by atoms with E-state index in [2.05, 4.69) is 26.0 Å². The van der Waals surface area contributed by atoms with Crippen LogP contribution in [0.4, 0.5) is 0 Å². The lowest BCUT2D eigenvalue weighted by molar-refractivity contribution is -0.141. The SMILES string of the molecule is CCCCC(CC)C(=O)Oc1c2c(c(OC(=O)C(CC)CCCC)c3c1SC(=C(C)C#N)S3)SC(=C(C)C#N)S2. The Morgan fingerprint density at radius 1 is 0.675 bits per heavy atom. The number of benzene rings is 1. The summed E-state index contributed by atoms with van der Waals surface area (Å²) in [5, 5.41) is 19.2. The van der Waals surface area contributed by atoms with Gasteiger partial charge in [-0.1, -0.05) is 100 Å². The minimum absolute atomic E-state index is 0.225. The van der Waals surface area contributed by atoms with E-state index in [1.165, 1.54) is 47.0 Å². The van der Waals surface area contributed by atoms with Crippen molar-refractivity contribution in [3.8, 4) is 23.6 Å². The lowest BCUT2D eigenvalue weighted by Crippen LogP contribution is -2.22. The summed E-state index contributed by atoms with van der Waals surface area (Å²) in [6.45, 7) is 11.7. The molecule has 0 spiro atoms. The second-order valence-electron chi connectivity index (χ2n) is 9.77. The van der Waals surface area contributed by atoms with Gasteiger partial charge in [-0.25, -0.2) is 0 Å². The highest BCUT2D eigenvalue weighted by molar-refractivity contribution is 8.25. The Morgan fingerprint density at radius 3 is 1.25 bits per heavy atom. The van der Waals surface area contributed by atoms with Gasteiger partial charge >= 0.3 is 11.9 Å². The lowest BCUT2D eigenvalue weighted by atomic mass is 10.00. The molecule has 1 aromatic carbocycles. The molecule has 0 bridgehead atoms. The van der Waals surface area contributed by atoms with E-state index in [1.54, 1.807) is 13.8 Å². The van der Waals surface area contributed by atoms with Crippen LogP contribution in [0.2, 0.25) is 0 Å². The molecule has 40 heavy (non-hydrogen) atoms. The minimum atomic E-state index is -0.282. The Bertz CT molecular complexity index is 1170. The number of rotatable bonds is 12. The third kappa shape index (κ3) is 7.26. The molecule has 2 atom stereocenters. The Kier molecular flexibility index (Phi) is 12.4. The van der Waals surface area contributed by atoms with Gasteiger partial charge in [-0.15, -0.1) is 0 Å². The number of ether oxygens (including phenoxy) is 2. The molecule has 1 aromatic rings. The van der Waals surface area contributed by atoms with Crippen LogP contribution in [-0.4, -0.2) is 11.9 Å². The second kappa shape index (κ2) is 15.3. The van der Waals surface area contributed by atoms with Gasteiger partial charge in [-0.05, 0) is 39.5 Å². The molecule has 0 amide bonds. The van der Waals surface area contributed by atoms with Crippen molar-refractivity contribution >= 4 is 59.0 Å². The number of nitrogens with zero attached hydrogens (tertiary/aromatic N) is 2.